The Labute approximate surface area is 180 Å². The quantitative estimate of drug-likeness (QED) is 0.512. The Morgan fingerprint density at radius 2 is 2.06 bits per heavy atom. The lowest BCUT2D eigenvalue weighted by molar-refractivity contribution is 0.0246. The second-order valence-corrected chi connectivity index (χ2v) is 8.23. The number of alkyl halides is 1. The van der Waals surface area contributed by atoms with Gasteiger partial charge < -0.3 is 20.9 Å². The van der Waals surface area contributed by atoms with Gasteiger partial charge in [0.2, 0.25) is 0 Å². The predicted molar refractivity (Wildman–Crippen MR) is 110 cm³/mol. The summed E-state index contributed by atoms with van der Waals surface area (Å²) in [6, 6.07) is 2.98. The van der Waals surface area contributed by atoms with E-state index in [1.165, 1.54) is 17.6 Å². The van der Waals surface area contributed by atoms with Gasteiger partial charge in [0.1, 0.15) is 34.6 Å². The maximum Gasteiger partial charge on any atom is 0.169 e. The van der Waals surface area contributed by atoms with E-state index in [2.05, 4.69) is 15.4 Å². The van der Waals surface area contributed by atoms with E-state index in [1.807, 2.05) is 0 Å². The Hall–Kier alpha value is -2.47. The number of halogens is 3. The molecular weight excluding hydrogens is 431 g/mol. The van der Waals surface area contributed by atoms with Crippen molar-refractivity contribution in [1.29, 1.82) is 0 Å². The van der Waals surface area contributed by atoms with Crippen LogP contribution in [0.1, 0.15) is 36.6 Å². The van der Waals surface area contributed by atoms with Crippen molar-refractivity contribution in [2.24, 2.45) is 12.8 Å². The fraction of sp³-hybridized carbons (Fsp3) is 0.400. The van der Waals surface area contributed by atoms with E-state index in [0.29, 0.717) is 24.2 Å². The molecule has 1 saturated heterocycles. The van der Waals surface area contributed by atoms with E-state index < -0.39 is 36.2 Å². The van der Waals surface area contributed by atoms with Crippen molar-refractivity contribution >= 4 is 17.0 Å². The molecule has 1 aromatic carbocycles. The van der Waals surface area contributed by atoms with Gasteiger partial charge in [0.15, 0.2) is 6.23 Å². The molecule has 0 aliphatic carbocycles. The van der Waals surface area contributed by atoms with Crippen LogP contribution in [0.25, 0.3) is 10.6 Å². The van der Waals surface area contributed by atoms with Crippen molar-refractivity contribution in [3.63, 3.8) is 0 Å². The molecule has 1 unspecified atom stereocenters. The van der Waals surface area contributed by atoms with Gasteiger partial charge in [0, 0.05) is 18.5 Å². The largest absolute Gasteiger partial charge is 0.369 e. The van der Waals surface area contributed by atoms with Crippen LogP contribution in [0.2, 0.25) is 0 Å². The lowest BCUT2D eigenvalue weighted by Crippen LogP contribution is -2.32. The summed E-state index contributed by atoms with van der Waals surface area (Å²) in [5.74, 6) is -1.46. The topological polar surface area (TPSA) is 98.2 Å². The number of nitrogens with one attached hydrogen (secondary N) is 1. The summed E-state index contributed by atoms with van der Waals surface area (Å²) < 4.78 is 49.2. The van der Waals surface area contributed by atoms with Gasteiger partial charge in [-0.2, -0.15) is 5.10 Å². The number of nitrogens with zero attached hydrogens (tertiary/aromatic N) is 3. The molecule has 4 rings (SSSR count). The van der Waals surface area contributed by atoms with Crippen LogP contribution in [0.15, 0.2) is 29.8 Å². The van der Waals surface area contributed by atoms with Gasteiger partial charge in [0.25, 0.3) is 0 Å². The molecule has 2 aromatic heterocycles. The van der Waals surface area contributed by atoms with Gasteiger partial charge in [-0.05, 0) is 25.0 Å². The van der Waals surface area contributed by atoms with E-state index in [9.17, 15) is 18.3 Å². The van der Waals surface area contributed by atoms with Gasteiger partial charge >= 0.3 is 0 Å². The molecular formula is C20H22F3N5O2S. The number of thiazole rings is 1. The summed E-state index contributed by atoms with van der Waals surface area (Å²) >= 11 is 1.02. The third-order valence-corrected chi connectivity index (χ3v) is 6.12. The Morgan fingerprint density at radius 1 is 1.32 bits per heavy atom. The van der Waals surface area contributed by atoms with E-state index in [1.54, 1.807) is 11.7 Å². The Balaban J connectivity index is 1.54. The molecule has 1 aliphatic heterocycles. The predicted octanol–water partition coefficient (Wildman–Crippen LogP) is 3.44. The highest BCUT2D eigenvalue weighted by molar-refractivity contribution is 7.13. The monoisotopic (exact) mass is 453 g/mol. The van der Waals surface area contributed by atoms with Crippen molar-refractivity contribution in [3.05, 3.63) is 52.8 Å². The average Bonchev–Trinajstić information content (AvgIpc) is 3.31. The summed E-state index contributed by atoms with van der Waals surface area (Å²) in [5, 5.41) is 19.4. The van der Waals surface area contributed by atoms with Gasteiger partial charge in [-0.25, -0.2) is 18.2 Å². The standard InChI is InChI=1S/C20H22F3N5O2S/c1-28-18(16-6-5-13(24)12(23)8-30-16)14(7-25-28)26-19(29)15-9-31-20(27-15)17-10(21)3-2-4-11(17)22/h2-4,7,9,12-13,16,19,26,29H,5-6,8,24H2,1H3/t12-,13-,16+,19?/m1/s1. The van der Waals surface area contributed by atoms with E-state index >= 15 is 0 Å². The molecule has 7 nitrogen and oxygen atoms in total. The van der Waals surface area contributed by atoms with Crippen molar-refractivity contribution in [2.45, 2.75) is 37.4 Å². The van der Waals surface area contributed by atoms with Crippen molar-refractivity contribution < 1.29 is 23.0 Å². The molecule has 1 fully saturated rings. The second kappa shape index (κ2) is 8.95. The number of benzene rings is 1. The first kappa shape index (κ1) is 21.8. The van der Waals surface area contributed by atoms with Gasteiger partial charge in [0.05, 0.1) is 29.7 Å². The lowest BCUT2D eigenvalue weighted by atomic mass is 10.0. The smallest absolute Gasteiger partial charge is 0.169 e. The maximum absolute atomic E-state index is 14.0. The minimum Gasteiger partial charge on any atom is -0.369 e. The number of aliphatic hydroxyl groups excluding tert-OH is 1. The SMILES string of the molecule is Cn1ncc(NC(O)c2csc(-c3c(F)cccc3F)n2)c1[C@@H]1CC[C@@H](N)[C@H](F)CO1. The zero-order valence-electron chi connectivity index (χ0n) is 16.6. The summed E-state index contributed by atoms with van der Waals surface area (Å²) in [6.07, 6.45) is -0.490. The summed E-state index contributed by atoms with van der Waals surface area (Å²) in [4.78, 5) is 4.18. The van der Waals surface area contributed by atoms with Crippen LogP contribution in [-0.2, 0) is 11.8 Å². The van der Waals surface area contributed by atoms with Crippen molar-refractivity contribution in [2.75, 3.05) is 11.9 Å². The van der Waals surface area contributed by atoms with Gasteiger partial charge in [-0.3, -0.25) is 4.68 Å². The first-order valence-corrected chi connectivity index (χ1v) is 10.6. The van der Waals surface area contributed by atoms with Gasteiger partial charge in [-0.15, -0.1) is 11.3 Å². The number of anilines is 1. The van der Waals surface area contributed by atoms with E-state index in [-0.39, 0.29) is 22.9 Å². The number of rotatable bonds is 5. The van der Waals surface area contributed by atoms with E-state index in [0.717, 1.165) is 23.5 Å². The van der Waals surface area contributed by atoms with Crippen LogP contribution in [0.3, 0.4) is 0 Å². The molecule has 166 valence electrons. The zero-order valence-corrected chi connectivity index (χ0v) is 17.5. The number of aryl methyl sites for hydroxylation is 1. The molecule has 0 radical (unpaired) electrons. The normalized spacial score (nSPS) is 22.8. The molecule has 4 N–H and O–H groups in total. The van der Waals surface area contributed by atoms with Crippen molar-refractivity contribution in [3.8, 4) is 10.6 Å². The number of ether oxygens (including phenoxy) is 1. The molecule has 0 amide bonds. The Kier molecular flexibility index (Phi) is 6.28. The van der Waals surface area contributed by atoms with Crippen LogP contribution in [0.5, 0.6) is 0 Å². The number of hydrogen-bond acceptors (Lipinski definition) is 7. The number of aromatic nitrogens is 3. The van der Waals surface area contributed by atoms with Crippen molar-refractivity contribution in [1.82, 2.24) is 14.8 Å². The van der Waals surface area contributed by atoms with E-state index in [4.69, 9.17) is 10.5 Å². The minimum atomic E-state index is -1.26. The first-order valence-electron chi connectivity index (χ1n) is 9.72. The van der Waals surface area contributed by atoms with Crippen LogP contribution >= 0.6 is 11.3 Å². The van der Waals surface area contributed by atoms with Crippen LogP contribution in [0.4, 0.5) is 18.9 Å². The second-order valence-electron chi connectivity index (χ2n) is 7.37. The average molecular weight is 453 g/mol. The third kappa shape index (κ3) is 4.45. The fourth-order valence-corrected chi connectivity index (χ4v) is 4.43. The highest BCUT2D eigenvalue weighted by Crippen LogP contribution is 2.35. The number of aliphatic hydroxyl groups is 1. The lowest BCUT2D eigenvalue weighted by Gasteiger charge is -2.19. The Morgan fingerprint density at radius 3 is 2.81 bits per heavy atom. The molecule has 3 heterocycles. The molecule has 0 saturated carbocycles. The Bertz CT molecular complexity index is 1030. The molecule has 1 aliphatic rings. The molecule has 0 bridgehead atoms. The molecule has 11 heteroatoms. The van der Waals surface area contributed by atoms with Gasteiger partial charge in [-0.1, -0.05) is 6.07 Å². The summed E-state index contributed by atoms with van der Waals surface area (Å²) in [7, 11) is 1.72. The number of nitrogens with two attached hydrogens (primary N) is 1. The minimum absolute atomic E-state index is 0.118. The molecule has 3 aromatic rings. The van der Waals surface area contributed by atoms with Crippen LogP contribution < -0.4 is 11.1 Å². The molecule has 31 heavy (non-hydrogen) atoms. The third-order valence-electron chi connectivity index (χ3n) is 5.24. The molecule has 0 spiro atoms. The zero-order chi connectivity index (χ0) is 22.1. The summed E-state index contributed by atoms with van der Waals surface area (Å²) in [6.45, 7) is -0.122. The summed E-state index contributed by atoms with van der Waals surface area (Å²) in [5.41, 5.74) is 6.88. The number of hydrogen-bond donors (Lipinski definition) is 3. The van der Waals surface area contributed by atoms with Crippen LogP contribution in [-0.4, -0.2) is 38.7 Å². The highest BCUT2D eigenvalue weighted by atomic mass is 32.1. The molecule has 4 atom stereocenters. The maximum atomic E-state index is 14.0. The fourth-order valence-electron chi connectivity index (χ4n) is 3.55. The first-order chi connectivity index (χ1) is 14.8. The van der Waals surface area contributed by atoms with Crippen LogP contribution in [0, 0.1) is 11.6 Å². The highest BCUT2D eigenvalue weighted by Gasteiger charge is 2.30.